The number of hydrogen-bond donors (Lipinski definition) is 1. The van der Waals surface area contributed by atoms with Crippen molar-refractivity contribution in [1.82, 2.24) is 24.4 Å². The van der Waals surface area contributed by atoms with Crippen LogP contribution in [0.2, 0.25) is 0 Å². The number of benzene rings is 2. The van der Waals surface area contributed by atoms with Gasteiger partial charge in [-0.15, -0.1) is 5.10 Å². The maximum absolute atomic E-state index is 13.1. The van der Waals surface area contributed by atoms with Crippen molar-refractivity contribution >= 4 is 11.6 Å². The van der Waals surface area contributed by atoms with Crippen molar-refractivity contribution in [3.8, 4) is 22.3 Å². The zero-order chi connectivity index (χ0) is 26.3. The first kappa shape index (κ1) is 23.9. The predicted molar refractivity (Wildman–Crippen MR) is 130 cm³/mol. The summed E-state index contributed by atoms with van der Waals surface area (Å²) in [7, 11) is 0. The minimum atomic E-state index is -4.57. The highest BCUT2D eigenvalue weighted by atomic mass is 19.4. The van der Waals surface area contributed by atoms with Crippen LogP contribution in [0.15, 0.2) is 77.9 Å². The minimum Gasteiger partial charge on any atom is -0.366 e. The fraction of sp³-hybridized carbons (Fsp3) is 0.115. The minimum absolute atomic E-state index is 0.117. The Kier molecular flexibility index (Phi) is 5.82. The van der Waals surface area contributed by atoms with Crippen LogP contribution in [0, 0.1) is 6.92 Å². The number of halogens is 3. The number of fused-ring (bicyclic) bond motifs is 1. The molecule has 0 spiro atoms. The molecule has 0 atom stereocenters. The van der Waals surface area contributed by atoms with E-state index in [-0.39, 0.29) is 17.8 Å². The summed E-state index contributed by atoms with van der Waals surface area (Å²) >= 11 is 0. The van der Waals surface area contributed by atoms with Gasteiger partial charge in [0.15, 0.2) is 5.65 Å². The molecule has 0 saturated carbocycles. The molecule has 2 aromatic carbocycles. The van der Waals surface area contributed by atoms with Gasteiger partial charge < -0.3 is 5.73 Å². The fourth-order valence-electron chi connectivity index (χ4n) is 3.99. The zero-order valence-corrected chi connectivity index (χ0v) is 19.4. The van der Waals surface area contributed by atoms with Crippen LogP contribution in [0.25, 0.3) is 27.9 Å². The Hall–Kier alpha value is -4.80. The summed E-state index contributed by atoms with van der Waals surface area (Å²) in [6, 6.07) is 16.4. The normalized spacial score (nSPS) is 11.7. The number of nitrogens with two attached hydrogens (primary N) is 1. The highest BCUT2D eigenvalue weighted by molar-refractivity contribution is 5.97. The Labute approximate surface area is 207 Å². The van der Waals surface area contributed by atoms with Gasteiger partial charge in [-0.05, 0) is 41.8 Å². The number of carbonyl (C=O) groups is 1. The van der Waals surface area contributed by atoms with Gasteiger partial charge in [-0.1, -0.05) is 48.0 Å². The van der Waals surface area contributed by atoms with Crippen LogP contribution in [0.5, 0.6) is 0 Å². The number of amides is 1. The molecule has 3 heterocycles. The summed E-state index contributed by atoms with van der Waals surface area (Å²) in [5.74, 6) is -0.610. The number of rotatable bonds is 5. The summed E-state index contributed by atoms with van der Waals surface area (Å²) in [5, 5.41) is 8.77. The zero-order valence-electron chi connectivity index (χ0n) is 19.4. The molecule has 11 heteroatoms. The highest BCUT2D eigenvalue weighted by Crippen LogP contribution is 2.34. The third-order valence-corrected chi connectivity index (χ3v) is 5.86. The van der Waals surface area contributed by atoms with Crippen LogP contribution < -0.4 is 11.4 Å². The lowest BCUT2D eigenvalue weighted by molar-refractivity contribution is -0.141. The second kappa shape index (κ2) is 9.01. The Morgan fingerprint density at radius 1 is 1.00 bits per heavy atom. The number of aryl methyl sites for hydroxylation is 1. The smallest absolute Gasteiger partial charge is 0.366 e. The Morgan fingerprint density at radius 3 is 2.41 bits per heavy atom. The summed E-state index contributed by atoms with van der Waals surface area (Å²) in [6.07, 6.45) is -1.97. The van der Waals surface area contributed by atoms with E-state index in [0.29, 0.717) is 22.3 Å². The summed E-state index contributed by atoms with van der Waals surface area (Å²) in [4.78, 5) is 28.4. The third kappa shape index (κ3) is 4.58. The maximum Gasteiger partial charge on any atom is 0.433 e. The molecule has 0 unspecified atom stereocenters. The van der Waals surface area contributed by atoms with E-state index in [4.69, 9.17) is 5.73 Å². The molecule has 0 radical (unpaired) electrons. The van der Waals surface area contributed by atoms with Gasteiger partial charge in [0.25, 0.3) is 0 Å². The van der Waals surface area contributed by atoms with Gasteiger partial charge in [-0.25, -0.2) is 9.48 Å². The molecule has 0 saturated heterocycles. The summed E-state index contributed by atoms with van der Waals surface area (Å²) in [6.45, 7) is 1.84. The first-order chi connectivity index (χ1) is 17.6. The number of carbonyl (C=O) groups excluding carboxylic acids is 1. The molecule has 5 rings (SSSR count). The Balaban J connectivity index is 1.68. The van der Waals surface area contributed by atoms with Gasteiger partial charge >= 0.3 is 11.9 Å². The van der Waals surface area contributed by atoms with Crippen LogP contribution >= 0.6 is 0 Å². The molecule has 0 aliphatic carbocycles. The van der Waals surface area contributed by atoms with E-state index in [2.05, 4.69) is 15.2 Å². The van der Waals surface area contributed by atoms with Crippen molar-refractivity contribution in [2.24, 2.45) is 5.73 Å². The van der Waals surface area contributed by atoms with Crippen molar-refractivity contribution < 1.29 is 18.0 Å². The molecule has 5 aromatic rings. The molecule has 186 valence electrons. The van der Waals surface area contributed by atoms with Gasteiger partial charge in [0.2, 0.25) is 5.91 Å². The number of alkyl halides is 3. The van der Waals surface area contributed by atoms with E-state index in [1.807, 2.05) is 31.2 Å². The topological polar surface area (TPSA) is 108 Å². The van der Waals surface area contributed by atoms with Gasteiger partial charge in [-0.2, -0.15) is 22.8 Å². The molecule has 1 amide bonds. The maximum atomic E-state index is 13.1. The standard InChI is InChI=1S/C26H19F3N6O2/c1-15-5-8-17(9-6-15)20-13-32-35-24(22(20)18-3-2-4-19(11-18)23(30)36)33-34(25(35)37)14-16-7-10-21(31-12-16)26(27,28)29/h2-13H,14H2,1H3,(H2,30,36). The molecule has 3 aromatic heterocycles. The van der Waals surface area contributed by atoms with Crippen molar-refractivity contribution in [3.63, 3.8) is 0 Å². The number of pyridine rings is 1. The largest absolute Gasteiger partial charge is 0.433 e. The molecule has 0 fully saturated rings. The van der Waals surface area contributed by atoms with E-state index in [0.717, 1.165) is 32.6 Å². The number of hydrogen-bond acceptors (Lipinski definition) is 5. The average Bonchev–Trinajstić information content (AvgIpc) is 3.18. The Bertz CT molecular complexity index is 1690. The monoisotopic (exact) mass is 504 g/mol. The van der Waals surface area contributed by atoms with E-state index in [9.17, 15) is 22.8 Å². The molecule has 0 bridgehead atoms. The summed E-state index contributed by atoms with van der Waals surface area (Å²) in [5.41, 5.74) is 8.40. The van der Waals surface area contributed by atoms with Crippen LogP contribution in [-0.4, -0.2) is 30.3 Å². The first-order valence-electron chi connectivity index (χ1n) is 11.1. The lowest BCUT2D eigenvalue weighted by Gasteiger charge is -2.11. The van der Waals surface area contributed by atoms with E-state index < -0.39 is 23.5 Å². The third-order valence-electron chi connectivity index (χ3n) is 5.86. The van der Waals surface area contributed by atoms with Crippen molar-refractivity contribution in [2.75, 3.05) is 0 Å². The van der Waals surface area contributed by atoms with Gasteiger partial charge in [-0.3, -0.25) is 9.78 Å². The average molecular weight is 504 g/mol. The predicted octanol–water partition coefficient (Wildman–Crippen LogP) is 4.09. The van der Waals surface area contributed by atoms with E-state index in [1.165, 1.54) is 12.3 Å². The van der Waals surface area contributed by atoms with Crippen LogP contribution in [0.3, 0.4) is 0 Å². The van der Waals surface area contributed by atoms with E-state index >= 15 is 0 Å². The molecule has 0 aliphatic rings. The lowest BCUT2D eigenvalue weighted by Crippen LogP contribution is -2.23. The van der Waals surface area contributed by atoms with Crippen molar-refractivity contribution in [2.45, 2.75) is 19.6 Å². The number of aromatic nitrogens is 5. The van der Waals surface area contributed by atoms with E-state index in [1.54, 1.807) is 24.3 Å². The SMILES string of the molecule is Cc1ccc(-c2cnn3c(=O)n(Cc4ccc(C(F)(F)F)nc4)nc3c2-c2cccc(C(N)=O)c2)cc1. The molecule has 0 aliphatic heterocycles. The quantitative estimate of drug-likeness (QED) is 0.388. The number of primary amides is 1. The second-order valence-corrected chi connectivity index (χ2v) is 8.47. The molecular weight excluding hydrogens is 485 g/mol. The molecule has 8 nitrogen and oxygen atoms in total. The van der Waals surface area contributed by atoms with Crippen LogP contribution in [-0.2, 0) is 12.7 Å². The van der Waals surface area contributed by atoms with Crippen molar-refractivity contribution in [1.29, 1.82) is 0 Å². The molecule has 37 heavy (non-hydrogen) atoms. The van der Waals surface area contributed by atoms with Gasteiger partial charge in [0.05, 0.1) is 12.7 Å². The van der Waals surface area contributed by atoms with Crippen LogP contribution in [0.1, 0.15) is 27.2 Å². The van der Waals surface area contributed by atoms with Gasteiger partial charge in [0.1, 0.15) is 5.69 Å². The first-order valence-corrected chi connectivity index (χ1v) is 11.1. The van der Waals surface area contributed by atoms with Crippen molar-refractivity contribution in [3.05, 3.63) is 106 Å². The molecular formula is C26H19F3N6O2. The fourth-order valence-corrected chi connectivity index (χ4v) is 3.99. The van der Waals surface area contributed by atoms with Gasteiger partial charge in [0, 0.05) is 22.9 Å². The molecule has 2 N–H and O–H groups in total. The summed E-state index contributed by atoms with van der Waals surface area (Å²) < 4.78 is 40.8. The Morgan fingerprint density at radius 2 is 1.76 bits per heavy atom. The lowest BCUT2D eigenvalue weighted by atomic mass is 9.95. The number of nitrogens with zero attached hydrogens (tertiary/aromatic N) is 5. The highest BCUT2D eigenvalue weighted by Gasteiger charge is 2.32. The van der Waals surface area contributed by atoms with Crippen LogP contribution in [0.4, 0.5) is 13.2 Å². The second-order valence-electron chi connectivity index (χ2n) is 8.47.